The molecule has 0 aromatic heterocycles. The van der Waals surface area contributed by atoms with Gasteiger partial charge in [-0.25, -0.2) is 0 Å². The standard InChI is InChI=1S/C4H8.C3H9N/c1-2-4-3-1;1-3-4-2/h1-4H2;4H,3H2,1-2H3. The number of nitrogens with one attached hydrogen (secondary N) is 1. The molecule has 0 bridgehead atoms. The first-order valence-electron chi connectivity index (χ1n) is 3.56. The maximum absolute atomic E-state index is 2.93. The summed E-state index contributed by atoms with van der Waals surface area (Å²) in [6.45, 7) is 3.14. The summed E-state index contributed by atoms with van der Waals surface area (Å²) < 4.78 is 0. The van der Waals surface area contributed by atoms with Crippen LogP contribution < -0.4 is 5.32 Å². The van der Waals surface area contributed by atoms with E-state index >= 15 is 0 Å². The Morgan fingerprint density at radius 3 is 1.38 bits per heavy atom. The lowest BCUT2D eigenvalue weighted by Crippen LogP contribution is -2.01. The van der Waals surface area contributed by atoms with Gasteiger partial charge in [0.1, 0.15) is 0 Å². The third kappa shape index (κ3) is 5.96. The SMILES string of the molecule is C1CCC1.CCNC. The highest BCUT2D eigenvalue weighted by molar-refractivity contribution is 4.50. The second kappa shape index (κ2) is 6.96. The van der Waals surface area contributed by atoms with Crippen molar-refractivity contribution < 1.29 is 0 Å². The van der Waals surface area contributed by atoms with Crippen LogP contribution in [0, 0.1) is 0 Å². The second-order valence-corrected chi connectivity index (χ2v) is 2.12. The van der Waals surface area contributed by atoms with Gasteiger partial charge in [-0.05, 0) is 13.6 Å². The highest BCUT2D eigenvalue weighted by Crippen LogP contribution is 2.15. The zero-order valence-electron chi connectivity index (χ0n) is 6.04. The summed E-state index contributed by atoms with van der Waals surface area (Å²) in [5, 5.41) is 2.93. The van der Waals surface area contributed by atoms with Gasteiger partial charge in [-0.3, -0.25) is 0 Å². The van der Waals surface area contributed by atoms with Crippen molar-refractivity contribution in [1.82, 2.24) is 5.32 Å². The zero-order chi connectivity index (χ0) is 6.24. The van der Waals surface area contributed by atoms with Crippen LogP contribution in [0.2, 0.25) is 0 Å². The van der Waals surface area contributed by atoms with E-state index in [4.69, 9.17) is 0 Å². The molecular formula is C7H17N. The zero-order valence-corrected chi connectivity index (χ0v) is 6.04. The van der Waals surface area contributed by atoms with Crippen molar-refractivity contribution >= 4 is 0 Å². The van der Waals surface area contributed by atoms with Crippen molar-refractivity contribution in [3.8, 4) is 0 Å². The van der Waals surface area contributed by atoms with E-state index in [1.54, 1.807) is 0 Å². The van der Waals surface area contributed by atoms with Gasteiger partial charge in [-0.1, -0.05) is 32.6 Å². The molecule has 1 N–H and O–H groups in total. The summed E-state index contributed by atoms with van der Waals surface area (Å²) in [5.41, 5.74) is 0. The maximum atomic E-state index is 2.93. The van der Waals surface area contributed by atoms with E-state index in [0.29, 0.717) is 0 Å². The molecule has 8 heavy (non-hydrogen) atoms. The summed E-state index contributed by atoms with van der Waals surface area (Å²) in [6, 6.07) is 0. The Morgan fingerprint density at radius 2 is 1.38 bits per heavy atom. The van der Waals surface area contributed by atoms with Gasteiger partial charge in [0.15, 0.2) is 0 Å². The quantitative estimate of drug-likeness (QED) is 0.549. The Hall–Kier alpha value is -0.0400. The Bertz CT molecular complexity index is 25.4. The maximum Gasteiger partial charge on any atom is -0.00804 e. The molecule has 1 rings (SSSR count). The first-order valence-corrected chi connectivity index (χ1v) is 3.56. The molecule has 0 unspecified atom stereocenters. The van der Waals surface area contributed by atoms with Crippen LogP contribution in [0.3, 0.4) is 0 Å². The molecule has 1 aliphatic rings. The van der Waals surface area contributed by atoms with Crippen molar-refractivity contribution in [2.75, 3.05) is 13.6 Å². The molecule has 0 aromatic rings. The van der Waals surface area contributed by atoms with E-state index in [1.807, 2.05) is 7.05 Å². The van der Waals surface area contributed by atoms with Crippen LogP contribution >= 0.6 is 0 Å². The fourth-order valence-electron chi connectivity index (χ4n) is 0.250. The molecule has 1 aliphatic carbocycles. The van der Waals surface area contributed by atoms with Crippen LogP contribution in [-0.4, -0.2) is 13.6 Å². The smallest absolute Gasteiger partial charge is 0.00804 e. The summed E-state index contributed by atoms with van der Waals surface area (Å²) in [7, 11) is 1.93. The van der Waals surface area contributed by atoms with E-state index < -0.39 is 0 Å². The third-order valence-electron chi connectivity index (χ3n) is 1.35. The van der Waals surface area contributed by atoms with Crippen LogP contribution in [0.4, 0.5) is 0 Å². The average Bonchev–Trinajstić information content (AvgIpc) is 1.61. The van der Waals surface area contributed by atoms with Gasteiger partial charge in [-0.2, -0.15) is 0 Å². The third-order valence-corrected chi connectivity index (χ3v) is 1.35. The lowest BCUT2D eigenvalue weighted by Gasteiger charge is -2.05. The Morgan fingerprint density at radius 1 is 1.12 bits per heavy atom. The molecule has 0 heterocycles. The van der Waals surface area contributed by atoms with Gasteiger partial charge < -0.3 is 5.32 Å². The molecule has 0 saturated heterocycles. The molecule has 0 spiro atoms. The van der Waals surface area contributed by atoms with Crippen LogP contribution in [0.15, 0.2) is 0 Å². The van der Waals surface area contributed by atoms with Gasteiger partial charge in [0.2, 0.25) is 0 Å². The van der Waals surface area contributed by atoms with E-state index in [-0.39, 0.29) is 0 Å². The normalized spacial score (nSPS) is 15.8. The molecule has 0 amide bonds. The number of hydrogen-bond donors (Lipinski definition) is 1. The molecule has 0 atom stereocenters. The first kappa shape index (κ1) is 7.96. The lowest BCUT2D eigenvalue weighted by atomic mass is 10.0. The van der Waals surface area contributed by atoms with Crippen molar-refractivity contribution in [2.45, 2.75) is 32.6 Å². The van der Waals surface area contributed by atoms with Gasteiger partial charge in [-0.15, -0.1) is 0 Å². The summed E-state index contributed by atoms with van der Waals surface area (Å²) >= 11 is 0. The van der Waals surface area contributed by atoms with Gasteiger partial charge in [0.05, 0.1) is 0 Å². The highest BCUT2D eigenvalue weighted by Gasteiger charge is 1.95. The minimum atomic E-state index is 1.07. The van der Waals surface area contributed by atoms with E-state index in [1.165, 1.54) is 25.7 Å². The molecule has 1 fully saturated rings. The predicted octanol–water partition coefficient (Wildman–Crippen LogP) is 1.79. The van der Waals surface area contributed by atoms with Crippen LogP contribution in [0.1, 0.15) is 32.6 Å². The first-order chi connectivity index (χ1) is 3.91. The number of hydrogen-bond acceptors (Lipinski definition) is 1. The average molecular weight is 115 g/mol. The van der Waals surface area contributed by atoms with Gasteiger partial charge in [0, 0.05) is 0 Å². The molecule has 1 saturated carbocycles. The fraction of sp³-hybridized carbons (Fsp3) is 1.00. The van der Waals surface area contributed by atoms with E-state index in [9.17, 15) is 0 Å². The fourth-order valence-corrected chi connectivity index (χ4v) is 0.250. The van der Waals surface area contributed by atoms with Crippen LogP contribution in [-0.2, 0) is 0 Å². The van der Waals surface area contributed by atoms with E-state index in [2.05, 4.69) is 12.2 Å². The van der Waals surface area contributed by atoms with Crippen LogP contribution in [0.25, 0.3) is 0 Å². The van der Waals surface area contributed by atoms with Crippen molar-refractivity contribution in [1.29, 1.82) is 0 Å². The summed E-state index contributed by atoms with van der Waals surface area (Å²) in [6.07, 6.45) is 6.00. The predicted molar refractivity (Wildman–Crippen MR) is 38.1 cm³/mol. The molecule has 1 nitrogen and oxygen atoms in total. The summed E-state index contributed by atoms with van der Waals surface area (Å²) in [4.78, 5) is 0. The van der Waals surface area contributed by atoms with Crippen molar-refractivity contribution in [3.05, 3.63) is 0 Å². The Balaban J connectivity index is 0.000000122. The minimum absolute atomic E-state index is 1.07. The van der Waals surface area contributed by atoms with Gasteiger partial charge in [0.25, 0.3) is 0 Å². The topological polar surface area (TPSA) is 12.0 Å². The molecule has 1 heteroatoms. The summed E-state index contributed by atoms with van der Waals surface area (Å²) in [5.74, 6) is 0. The molecule has 0 aromatic carbocycles. The largest absolute Gasteiger partial charge is 0.320 e. The monoisotopic (exact) mass is 115 g/mol. The second-order valence-electron chi connectivity index (χ2n) is 2.12. The van der Waals surface area contributed by atoms with Gasteiger partial charge >= 0.3 is 0 Å². The Labute approximate surface area is 52.5 Å². The van der Waals surface area contributed by atoms with Crippen LogP contribution in [0.5, 0.6) is 0 Å². The van der Waals surface area contributed by atoms with E-state index in [0.717, 1.165) is 6.54 Å². The molecule has 0 aliphatic heterocycles. The van der Waals surface area contributed by atoms with Crippen molar-refractivity contribution in [2.24, 2.45) is 0 Å². The highest BCUT2D eigenvalue weighted by atomic mass is 14.8. The molecular weight excluding hydrogens is 98.1 g/mol. The molecule has 50 valence electrons. The lowest BCUT2D eigenvalue weighted by molar-refractivity contribution is 0.504. The Kier molecular flexibility index (Phi) is 6.93. The minimum Gasteiger partial charge on any atom is -0.320 e. The van der Waals surface area contributed by atoms with Crippen molar-refractivity contribution in [3.63, 3.8) is 0 Å². The number of rotatable bonds is 1. The molecule has 0 radical (unpaired) electrons.